The summed E-state index contributed by atoms with van der Waals surface area (Å²) in [6.07, 6.45) is 3.42. The van der Waals surface area contributed by atoms with Gasteiger partial charge in [-0.2, -0.15) is 0 Å². The maximum atomic E-state index is 11.5. The van der Waals surface area contributed by atoms with Gasteiger partial charge in [-0.1, -0.05) is 29.4 Å². The van der Waals surface area contributed by atoms with Crippen molar-refractivity contribution in [1.82, 2.24) is 25.1 Å². The first-order valence-corrected chi connectivity index (χ1v) is 8.50. The van der Waals surface area contributed by atoms with Gasteiger partial charge in [-0.25, -0.2) is 0 Å². The van der Waals surface area contributed by atoms with E-state index in [4.69, 9.17) is 11.6 Å². The first-order valence-electron chi connectivity index (χ1n) is 7.14. The number of amides is 1. The second-order valence-corrected chi connectivity index (χ2v) is 6.20. The number of carbonyl (C=O) groups excluding carboxylic acids is 1. The molecule has 0 unspecified atom stereocenters. The molecule has 0 spiro atoms. The van der Waals surface area contributed by atoms with Crippen LogP contribution >= 0.6 is 23.4 Å². The predicted octanol–water partition coefficient (Wildman–Crippen LogP) is 2.82. The summed E-state index contributed by atoms with van der Waals surface area (Å²) in [5.74, 6) is 0.816. The van der Waals surface area contributed by atoms with Gasteiger partial charge < -0.3 is 5.32 Å². The second-order valence-electron chi connectivity index (χ2n) is 4.83. The fourth-order valence-corrected chi connectivity index (χ4v) is 3.10. The normalized spacial score (nSPS) is 10.6. The van der Waals surface area contributed by atoms with Crippen LogP contribution in [0.15, 0.2) is 53.9 Å². The van der Waals surface area contributed by atoms with Crippen LogP contribution in [0.4, 0.5) is 0 Å². The average molecular weight is 360 g/mol. The number of aromatic nitrogens is 4. The Morgan fingerprint density at radius 2 is 2.17 bits per heavy atom. The Hall–Kier alpha value is -2.38. The molecule has 2 heterocycles. The molecule has 0 aliphatic heterocycles. The van der Waals surface area contributed by atoms with Gasteiger partial charge in [0.25, 0.3) is 0 Å². The number of halogens is 1. The molecule has 122 valence electrons. The van der Waals surface area contributed by atoms with Crippen molar-refractivity contribution in [3.05, 3.63) is 53.8 Å². The number of benzene rings is 1. The highest BCUT2D eigenvalue weighted by atomic mass is 35.5. The van der Waals surface area contributed by atoms with Crippen LogP contribution in [0.1, 0.15) is 0 Å². The molecule has 0 radical (unpaired) electrons. The summed E-state index contributed by atoms with van der Waals surface area (Å²) in [4.78, 5) is 15.7. The SMILES string of the molecule is CNC(=O)CSc1nnc(-c2cccnc2)n1-c1cccc(Cl)c1. The zero-order chi connectivity index (χ0) is 16.9. The molecule has 3 rings (SSSR count). The maximum absolute atomic E-state index is 11.5. The van der Waals surface area contributed by atoms with Gasteiger partial charge >= 0.3 is 0 Å². The first-order chi connectivity index (χ1) is 11.7. The van der Waals surface area contributed by atoms with Crippen LogP contribution in [0.25, 0.3) is 17.1 Å². The van der Waals surface area contributed by atoms with Crippen LogP contribution in [0.2, 0.25) is 5.02 Å². The molecular weight excluding hydrogens is 346 g/mol. The number of nitrogens with zero attached hydrogens (tertiary/aromatic N) is 4. The fraction of sp³-hybridized carbons (Fsp3) is 0.125. The third-order valence-corrected chi connectivity index (χ3v) is 4.39. The second kappa shape index (κ2) is 7.46. The van der Waals surface area contributed by atoms with Crippen LogP contribution in [0.5, 0.6) is 0 Å². The minimum absolute atomic E-state index is 0.0800. The van der Waals surface area contributed by atoms with E-state index in [9.17, 15) is 4.79 Å². The molecule has 1 amide bonds. The average Bonchev–Trinajstić information content (AvgIpc) is 3.04. The van der Waals surface area contributed by atoms with Gasteiger partial charge in [-0.3, -0.25) is 14.3 Å². The maximum Gasteiger partial charge on any atom is 0.230 e. The Bertz CT molecular complexity index is 853. The van der Waals surface area contributed by atoms with E-state index in [0.717, 1.165) is 11.3 Å². The zero-order valence-electron chi connectivity index (χ0n) is 12.8. The van der Waals surface area contributed by atoms with E-state index in [-0.39, 0.29) is 11.7 Å². The minimum Gasteiger partial charge on any atom is -0.358 e. The minimum atomic E-state index is -0.0800. The molecule has 0 aliphatic carbocycles. The van der Waals surface area contributed by atoms with Crippen molar-refractivity contribution in [2.45, 2.75) is 5.16 Å². The van der Waals surface area contributed by atoms with Crippen molar-refractivity contribution in [3.63, 3.8) is 0 Å². The van der Waals surface area contributed by atoms with E-state index < -0.39 is 0 Å². The van der Waals surface area contributed by atoms with Crippen molar-refractivity contribution in [1.29, 1.82) is 0 Å². The number of pyridine rings is 1. The summed E-state index contributed by atoms with van der Waals surface area (Å²) < 4.78 is 1.87. The Morgan fingerprint density at radius 3 is 2.88 bits per heavy atom. The van der Waals surface area contributed by atoms with Crippen LogP contribution < -0.4 is 5.32 Å². The van der Waals surface area contributed by atoms with E-state index in [1.807, 2.05) is 34.9 Å². The molecule has 0 fully saturated rings. The van der Waals surface area contributed by atoms with Gasteiger partial charge in [0.1, 0.15) is 0 Å². The topological polar surface area (TPSA) is 72.7 Å². The molecule has 1 N–H and O–H groups in total. The third kappa shape index (κ3) is 3.58. The summed E-state index contributed by atoms with van der Waals surface area (Å²) in [5, 5.41) is 12.3. The van der Waals surface area contributed by atoms with E-state index in [1.54, 1.807) is 25.5 Å². The van der Waals surface area contributed by atoms with E-state index >= 15 is 0 Å². The number of carbonyl (C=O) groups is 1. The van der Waals surface area contributed by atoms with Crippen molar-refractivity contribution >= 4 is 29.3 Å². The summed E-state index contributed by atoms with van der Waals surface area (Å²) in [7, 11) is 1.60. The first kappa shape index (κ1) is 16.5. The van der Waals surface area contributed by atoms with Gasteiger partial charge in [0, 0.05) is 30.0 Å². The highest BCUT2D eigenvalue weighted by Gasteiger charge is 2.17. The van der Waals surface area contributed by atoms with Crippen molar-refractivity contribution in [2.24, 2.45) is 0 Å². The summed E-state index contributed by atoms with van der Waals surface area (Å²) in [6, 6.07) is 11.1. The Labute approximate surface area is 148 Å². The predicted molar refractivity (Wildman–Crippen MR) is 94.4 cm³/mol. The number of hydrogen-bond donors (Lipinski definition) is 1. The standard InChI is InChI=1S/C16H14ClN5OS/c1-18-14(23)10-24-16-21-20-15(11-4-3-7-19-9-11)22(16)13-6-2-5-12(17)8-13/h2-9H,10H2,1H3,(H,18,23). The number of rotatable bonds is 5. The Morgan fingerprint density at radius 1 is 1.29 bits per heavy atom. The fourth-order valence-electron chi connectivity index (χ4n) is 2.10. The van der Waals surface area contributed by atoms with E-state index in [0.29, 0.717) is 16.0 Å². The summed E-state index contributed by atoms with van der Waals surface area (Å²) >= 11 is 7.43. The molecule has 0 atom stereocenters. The Kier molecular flexibility index (Phi) is 5.12. The molecule has 0 bridgehead atoms. The number of nitrogens with one attached hydrogen (secondary N) is 1. The van der Waals surface area contributed by atoms with Crippen LogP contribution in [0.3, 0.4) is 0 Å². The number of hydrogen-bond acceptors (Lipinski definition) is 5. The zero-order valence-corrected chi connectivity index (χ0v) is 14.4. The van der Waals surface area contributed by atoms with Gasteiger partial charge in [0.15, 0.2) is 11.0 Å². The van der Waals surface area contributed by atoms with Crippen molar-refractivity contribution < 1.29 is 4.79 Å². The summed E-state index contributed by atoms with van der Waals surface area (Å²) in [5.41, 5.74) is 1.66. The monoisotopic (exact) mass is 359 g/mol. The quantitative estimate of drug-likeness (QED) is 0.709. The van der Waals surface area contributed by atoms with E-state index in [2.05, 4.69) is 20.5 Å². The lowest BCUT2D eigenvalue weighted by atomic mass is 10.2. The summed E-state index contributed by atoms with van der Waals surface area (Å²) in [6.45, 7) is 0. The molecule has 2 aromatic heterocycles. The largest absolute Gasteiger partial charge is 0.358 e. The molecule has 1 aromatic carbocycles. The van der Waals surface area contributed by atoms with Crippen molar-refractivity contribution in [3.8, 4) is 17.1 Å². The molecule has 6 nitrogen and oxygen atoms in total. The molecule has 8 heteroatoms. The third-order valence-electron chi connectivity index (χ3n) is 3.23. The molecule has 3 aromatic rings. The smallest absolute Gasteiger partial charge is 0.230 e. The lowest BCUT2D eigenvalue weighted by Gasteiger charge is -2.10. The van der Waals surface area contributed by atoms with Gasteiger partial charge in [0.2, 0.25) is 5.91 Å². The van der Waals surface area contributed by atoms with E-state index in [1.165, 1.54) is 11.8 Å². The van der Waals surface area contributed by atoms with Crippen molar-refractivity contribution in [2.75, 3.05) is 12.8 Å². The molecule has 0 aliphatic rings. The Balaban J connectivity index is 2.07. The number of thioether (sulfide) groups is 1. The van der Waals surface area contributed by atoms with Gasteiger partial charge in [-0.05, 0) is 30.3 Å². The molecule has 24 heavy (non-hydrogen) atoms. The van der Waals surface area contributed by atoms with Crippen LogP contribution in [-0.4, -0.2) is 38.5 Å². The highest BCUT2D eigenvalue weighted by Crippen LogP contribution is 2.28. The molecular formula is C16H14ClN5OS. The molecule has 0 saturated heterocycles. The lowest BCUT2D eigenvalue weighted by Crippen LogP contribution is -2.20. The van der Waals surface area contributed by atoms with Crippen LogP contribution in [0, 0.1) is 0 Å². The molecule has 0 saturated carbocycles. The van der Waals surface area contributed by atoms with Gasteiger partial charge in [-0.15, -0.1) is 10.2 Å². The highest BCUT2D eigenvalue weighted by molar-refractivity contribution is 7.99. The van der Waals surface area contributed by atoms with Crippen LogP contribution in [-0.2, 0) is 4.79 Å². The lowest BCUT2D eigenvalue weighted by molar-refractivity contribution is -0.118. The van der Waals surface area contributed by atoms with Gasteiger partial charge in [0.05, 0.1) is 11.4 Å².